The summed E-state index contributed by atoms with van der Waals surface area (Å²) in [6.07, 6.45) is 2.39. The van der Waals surface area contributed by atoms with Gasteiger partial charge in [0.1, 0.15) is 11.6 Å². The van der Waals surface area contributed by atoms with E-state index in [1.807, 2.05) is 6.07 Å². The largest absolute Gasteiger partial charge is 0.347 e. The highest BCUT2D eigenvalue weighted by Gasteiger charge is 2.25. The summed E-state index contributed by atoms with van der Waals surface area (Å²) in [5, 5.41) is 9.37. The van der Waals surface area contributed by atoms with Gasteiger partial charge in [-0.15, -0.1) is 16.4 Å². The molecule has 0 saturated carbocycles. The molecule has 1 fully saturated rings. The van der Waals surface area contributed by atoms with Crippen molar-refractivity contribution in [1.82, 2.24) is 25.0 Å². The maximum Gasteiger partial charge on any atom is 0.291 e. The summed E-state index contributed by atoms with van der Waals surface area (Å²) in [5.74, 6) is 0.0741. The molecule has 0 spiro atoms. The first-order valence-electron chi connectivity index (χ1n) is 9.37. The van der Waals surface area contributed by atoms with Crippen LogP contribution in [0.4, 0.5) is 4.39 Å². The second-order valence-corrected chi connectivity index (χ2v) is 7.83. The smallest absolute Gasteiger partial charge is 0.291 e. The normalized spacial score (nSPS) is 15.6. The van der Waals surface area contributed by atoms with Crippen LogP contribution in [0, 0.1) is 12.7 Å². The minimum Gasteiger partial charge on any atom is -0.347 e. The monoisotopic (exact) mass is 399 g/mol. The minimum atomic E-state index is -0.319. The highest BCUT2D eigenvalue weighted by molar-refractivity contribution is 7.10. The van der Waals surface area contributed by atoms with Crippen molar-refractivity contribution < 1.29 is 9.18 Å². The number of carbonyl (C=O) groups excluding carboxylic acids is 1. The lowest BCUT2D eigenvalue weighted by Gasteiger charge is -2.26. The average Bonchev–Trinajstić information content (AvgIpc) is 3.45. The molecule has 1 saturated heterocycles. The summed E-state index contributed by atoms with van der Waals surface area (Å²) >= 11 is 1.71. The van der Waals surface area contributed by atoms with Crippen LogP contribution in [0.25, 0.3) is 5.69 Å². The second kappa shape index (κ2) is 8.20. The zero-order chi connectivity index (χ0) is 19.5. The number of hydrogen-bond acceptors (Lipinski definition) is 5. The molecule has 8 heteroatoms. The predicted molar refractivity (Wildman–Crippen MR) is 106 cm³/mol. The number of likely N-dealkylation sites (tertiary alicyclic amines) is 1. The number of benzene rings is 1. The van der Waals surface area contributed by atoms with Crippen LogP contribution in [0.2, 0.25) is 0 Å². The zero-order valence-corrected chi connectivity index (χ0v) is 16.5. The Labute approximate surface area is 167 Å². The van der Waals surface area contributed by atoms with Crippen LogP contribution in [0.1, 0.15) is 40.2 Å². The Morgan fingerprint density at radius 1 is 1.25 bits per heavy atom. The zero-order valence-electron chi connectivity index (χ0n) is 15.6. The Balaban J connectivity index is 1.47. The summed E-state index contributed by atoms with van der Waals surface area (Å²) in [6, 6.07) is 10.3. The fourth-order valence-electron chi connectivity index (χ4n) is 3.53. The molecule has 1 aliphatic heterocycles. The van der Waals surface area contributed by atoms with Gasteiger partial charge in [0.15, 0.2) is 0 Å². The van der Waals surface area contributed by atoms with Gasteiger partial charge in [-0.05, 0) is 68.6 Å². The third-order valence-corrected chi connectivity index (χ3v) is 5.93. The van der Waals surface area contributed by atoms with Crippen molar-refractivity contribution >= 4 is 17.2 Å². The van der Waals surface area contributed by atoms with Gasteiger partial charge in [0.2, 0.25) is 5.82 Å². The molecule has 28 heavy (non-hydrogen) atoms. The van der Waals surface area contributed by atoms with Crippen LogP contribution in [-0.4, -0.2) is 45.2 Å². The number of thiophene rings is 1. The van der Waals surface area contributed by atoms with Gasteiger partial charge in [-0.1, -0.05) is 6.07 Å². The maximum atomic E-state index is 13.1. The lowest BCUT2D eigenvalue weighted by Crippen LogP contribution is -2.36. The van der Waals surface area contributed by atoms with E-state index in [1.54, 1.807) is 35.1 Å². The molecule has 146 valence electrons. The molecular weight excluding hydrogens is 377 g/mol. The van der Waals surface area contributed by atoms with Crippen LogP contribution in [0.15, 0.2) is 41.8 Å². The standard InChI is InChI=1S/C20H22FN5OS/c1-14-23-19(24-26(14)16-8-6-15(21)7-9-16)20(27)22-13-17(18-5-4-12-28-18)25-10-2-3-11-25/h4-9,12,17H,2-3,10-11,13H2,1H3,(H,22,27). The van der Waals surface area contributed by atoms with E-state index >= 15 is 0 Å². The van der Waals surface area contributed by atoms with E-state index in [0.717, 1.165) is 13.1 Å². The number of aromatic nitrogens is 3. The number of hydrogen-bond donors (Lipinski definition) is 1. The first-order chi connectivity index (χ1) is 13.6. The van der Waals surface area contributed by atoms with E-state index in [-0.39, 0.29) is 23.6 Å². The molecule has 1 atom stereocenters. The first-order valence-corrected chi connectivity index (χ1v) is 10.2. The van der Waals surface area contributed by atoms with Crippen molar-refractivity contribution in [1.29, 1.82) is 0 Å². The average molecular weight is 399 g/mol. The van der Waals surface area contributed by atoms with Crippen LogP contribution >= 0.6 is 11.3 Å². The van der Waals surface area contributed by atoms with Gasteiger partial charge >= 0.3 is 0 Å². The van der Waals surface area contributed by atoms with Crippen molar-refractivity contribution in [2.24, 2.45) is 0 Å². The molecule has 3 aromatic rings. The summed E-state index contributed by atoms with van der Waals surface area (Å²) < 4.78 is 14.7. The Morgan fingerprint density at radius 2 is 2.00 bits per heavy atom. The molecule has 3 heterocycles. The Kier molecular flexibility index (Phi) is 5.50. The number of aryl methyl sites for hydroxylation is 1. The molecule has 4 rings (SSSR count). The van der Waals surface area contributed by atoms with Gasteiger partial charge in [0, 0.05) is 11.4 Å². The maximum absolute atomic E-state index is 13.1. The van der Waals surface area contributed by atoms with Crippen molar-refractivity contribution in [3.05, 3.63) is 64.1 Å². The van der Waals surface area contributed by atoms with Crippen molar-refractivity contribution in [3.63, 3.8) is 0 Å². The quantitative estimate of drug-likeness (QED) is 0.691. The molecule has 1 aromatic carbocycles. The fraction of sp³-hybridized carbons (Fsp3) is 0.350. The van der Waals surface area contributed by atoms with E-state index < -0.39 is 0 Å². The topological polar surface area (TPSA) is 63.1 Å². The van der Waals surface area contributed by atoms with E-state index in [4.69, 9.17) is 0 Å². The number of nitrogens with one attached hydrogen (secondary N) is 1. The first kappa shape index (κ1) is 18.8. The SMILES string of the molecule is Cc1nc(C(=O)NCC(c2cccs2)N2CCCC2)nn1-c1ccc(F)cc1. The molecule has 2 aromatic heterocycles. The number of halogens is 1. The molecule has 1 unspecified atom stereocenters. The highest BCUT2D eigenvalue weighted by Crippen LogP contribution is 2.27. The molecule has 1 amide bonds. The molecular formula is C20H22FN5OS. The summed E-state index contributed by atoms with van der Waals surface area (Å²) in [6.45, 7) is 4.39. The van der Waals surface area contributed by atoms with Crippen LogP contribution in [0.5, 0.6) is 0 Å². The fourth-order valence-corrected chi connectivity index (χ4v) is 4.39. The van der Waals surface area contributed by atoms with E-state index in [9.17, 15) is 9.18 Å². The second-order valence-electron chi connectivity index (χ2n) is 6.86. The van der Waals surface area contributed by atoms with Crippen molar-refractivity contribution in [2.75, 3.05) is 19.6 Å². The van der Waals surface area contributed by atoms with Gasteiger partial charge in [0.25, 0.3) is 5.91 Å². The number of amides is 1. The van der Waals surface area contributed by atoms with Gasteiger partial charge in [-0.25, -0.2) is 14.1 Å². The number of rotatable bonds is 6. The van der Waals surface area contributed by atoms with Crippen LogP contribution in [0.3, 0.4) is 0 Å². The molecule has 6 nitrogen and oxygen atoms in total. The van der Waals surface area contributed by atoms with E-state index in [1.165, 1.54) is 29.9 Å². The minimum absolute atomic E-state index is 0.119. The predicted octanol–water partition coefficient (Wildman–Crippen LogP) is 3.34. The summed E-state index contributed by atoms with van der Waals surface area (Å²) in [7, 11) is 0. The van der Waals surface area contributed by atoms with E-state index in [2.05, 4.69) is 31.7 Å². The van der Waals surface area contributed by atoms with Crippen molar-refractivity contribution in [2.45, 2.75) is 25.8 Å². The molecule has 0 aliphatic carbocycles. The number of nitrogens with zero attached hydrogens (tertiary/aromatic N) is 4. The molecule has 1 N–H and O–H groups in total. The summed E-state index contributed by atoms with van der Waals surface area (Å²) in [5.41, 5.74) is 0.666. The lowest BCUT2D eigenvalue weighted by atomic mass is 10.2. The third kappa shape index (κ3) is 3.98. The Bertz CT molecular complexity index is 932. The van der Waals surface area contributed by atoms with Crippen LogP contribution < -0.4 is 5.32 Å². The van der Waals surface area contributed by atoms with Gasteiger partial charge in [-0.3, -0.25) is 9.69 Å². The van der Waals surface area contributed by atoms with Gasteiger partial charge in [-0.2, -0.15) is 0 Å². The van der Waals surface area contributed by atoms with Crippen molar-refractivity contribution in [3.8, 4) is 5.69 Å². The van der Waals surface area contributed by atoms with Gasteiger partial charge < -0.3 is 5.32 Å². The Hall–Kier alpha value is -2.58. The lowest BCUT2D eigenvalue weighted by molar-refractivity contribution is 0.0928. The molecule has 0 bridgehead atoms. The Morgan fingerprint density at radius 3 is 2.68 bits per heavy atom. The number of carbonyl (C=O) groups is 1. The third-order valence-electron chi connectivity index (χ3n) is 4.95. The molecule has 1 aliphatic rings. The van der Waals surface area contributed by atoms with E-state index in [0.29, 0.717) is 18.1 Å². The highest BCUT2D eigenvalue weighted by atomic mass is 32.1. The molecule has 0 radical (unpaired) electrons. The summed E-state index contributed by atoms with van der Waals surface area (Å²) in [4.78, 5) is 20.6. The van der Waals surface area contributed by atoms with Crippen LogP contribution in [-0.2, 0) is 0 Å². The van der Waals surface area contributed by atoms with Gasteiger partial charge in [0.05, 0.1) is 11.7 Å².